The number of carbonyl (C=O) groups is 2. The maximum Gasteiger partial charge on any atom is 0.341 e. The highest BCUT2D eigenvalue weighted by atomic mass is 32.1. The molecule has 0 radical (unpaired) electrons. The minimum atomic E-state index is -0.520. The number of thiophene rings is 1. The minimum absolute atomic E-state index is 0.103. The predicted molar refractivity (Wildman–Crippen MR) is 117 cm³/mol. The van der Waals surface area contributed by atoms with Crippen molar-refractivity contribution in [1.82, 2.24) is 0 Å². The second-order valence-corrected chi connectivity index (χ2v) is 8.00. The monoisotopic (exact) mass is 419 g/mol. The van der Waals surface area contributed by atoms with Crippen molar-refractivity contribution in [2.24, 2.45) is 0 Å². The fraction of sp³-hybridized carbons (Fsp3) is 0.478. The molecule has 0 bridgehead atoms. The number of hydrogen-bond donors (Lipinski definition) is 1. The van der Waals surface area contributed by atoms with Crippen LogP contribution in [0, 0.1) is 5.82 Å². The van der Waals surface area contributed by atoms with Crippen molar-refractivity contribution in [3.05, 3.63) is 41.0 Å². The lowest BCUT2D eigenvalue weighted by Gasteiger charge is -2.08. The lowest BCUT2D eigenvalue weighted by atomic mass is 10.0. The highest BCUT2D eigenvalue weighted by Gasteiger charge is 2.22. The average molecular weight is 420 g/mol. The number of nitrogens with one attached hydrogen (secondary N) is 1. The van der Waals surface area contributed by atoms with E-state index in [4.69, 9.17) is 4.74 Å². The fourth-order valence-corrected chi connectivity index (χ4v) is 4.18. The second-order valence-electron chi connectivity index (χ2n) is 7.13. The van der Waals surface area contributed by atoms with Crippen LogP contribution in [-0.4, -0.2) is 19.0 Å². The van der Waals surface area contributed by atoms with Gasteiger partial charge in [0.15, 0.2) is 0 Å². The molecule has 1 amide bonds. The van der Waals surface area contributed by atoms with E-state index in [1.807, 2.05) is 0 Å². The Morgan fingerprint density at radius 3 is 2.24 bits per heavy atom. The number of carbonyl (C=O) groups excluding carboxylic acids is 2. The Hall–Kier alpha value is -2.21. The van der Waals surface area contributed by atoms with Gasteiger partial charge in [-0.3, -0.25) is 4.79 Å². The molecule has 0 unspecified atom stereocenters. The first-order valence-corrected chi connectivity index (χ1v) is 11.2. The Morgan fingerprint density at radius 2 is 1.62 bits per heavy atom. The summed E-state index contributed by atoms with van der Waals surface area (Å²) in [5.41, 5.74) is 1.64. The van der Waals surface area contributed by atoms with Crippen molar-refractivity contribution in [1.29, 1.82) is 0 Å². The van der Waals surface area contributed by atoms with Gasteiger partial charge in [0.1, 0.15) is 16.4 Å². The molecule has 2 aromatic rings. The maximum absolute atomic E-state index is 13.2. The smallest absolute Gasteiger partial charge is 0.341 e. The molecular formula is C23H30FNO3S. The van der Waals surface area contributed by atoms with E-state index in [-0.39, 0.29) is 11.7 Å². The summed E-state index contributed by atoms with van der Waals surface area (Å²) in [7, 11) is 1.31. The van der Waals surface area contributed by atoms with E-state index < -0.39 is 5.97 Å². The number of ether oxygens (including phenoxy) is 1. The molecule has 6 heteroatoms. The van der Waals surface area contributed by atoms with Crippen molar-refractivity contribution < 1.29 is 18.7 Å². The molecule has 0 saturated carbocycles. The minimum Gasteiger partial charge on any atom is -0.465 e. The summed E-state index contributed by atoms with van der Waals surface area (Å²) in [6, 6.07) is 5.90. The van der Waals surface area contributed by atoms with Gasteiger partial charge < -0.3 is 10.1 Å². The lowest BCUT2D eigenvalue weighted by molar-refractivity contribution is -0.116. The Bertz CT molecular complexity index is 786. The number of hydrogen-bond acceptors (Lipinski definition) is 4. The summed E-state index contributed by atoms with van der Waals surface area (Å²) in [5.74, 6) is -0.968. The van der Waals surface area contributed by atoms with Crippen LogP contribution in [-0.2, 0) is 9.53 Å². The number of unbranched alkanes of at least 4 members (excludes halogenated alkanes) is 7. The molecule has 2 rings (SSSR count). The van der Waals surface area contributed by atoms with Crippen molar-refractivity contribution in [2.45, 2.75) is 64.7 Å². The topological polar surface area (TPSA) is 55.4 Å². The third kappa shape index (κ3) is 7.28. The predicted octanol–water partition coefficient (Wildman–Crippen LogP) is 6.81. The second kappa shape index (κ2) is 12.4. The SMILES string of the molecule is CCCCCCCCCCC(=O)Nc1scc(-c2ccc(F)cc2)c1C(=O)OC. The molecule has 1 aromatic carbocycles. The standard InChI is InChI=1S/C23H30FNO3S/c1-3-4-5-6-7-8-9-10-11-20(26)25-22-21(23(27)28-2)19(16-29-22)17-12-14-18(24)15-13-17/h12-16H,3-11H2,1-2H3,(H,25,26). The van der Waals surface area contributed by atoms with Crippen LogP contribution in [0.4, 0.5) is 9.39 Å². The average Bonchev–Trinajstić information content (AvgIpc) is 3.13. The van der Waals surface area contributed by atoms with Gasteiger partial charge >= 0.3 is 5.97 Å². The van der Waals surface area contributed by atoms with E-state index in [0.29, 0.717) is 28.1 Å². The van der Waals surface area contributed by atoms with Gasteiger partial charge in [-0.1, -0.05) is 64.0 Å². The molecule has 0 aliphatic carbocycles. The molecule has 1 aromatic heterocycles. The highest BCUT2D eigenvalue weighted by Crippen LogP contribution is 2.36. The Kier molecular flexibility index (Phi) is 9.84. The molecule has 0 aliphatic heterocycles. The molecular weight excluding hydrogens is 389 g/mol. The molecule has 158 valence electrons. The summed E-state index contributed by atoms with van der Waals surface area (Å²) in [6.45, 7) is 2.21. The van der Waals surface area contributed by atoms with Gasteiger partial charge in [-0.25, -0.2) is 9.18 Å². The molecule has 0 saturated heterocycles. The van der Waals surface area contributed by atoms with E-state index >= 15 is 0 Å². The molecule has 0 aliphatic rings. The number of halogens is 1. The number of amides is 1. The van der Waals surface area contributed by atoms with E-state index in [2.05, 4.69) is 12.2 Å². The fourth-order valence-electron chi connectivity index (χ4n) is 3.21. The van der Waals surface area contributed by atoms with Crippen LogP contribution in [0.3, 0.4) is 0 Å². The van der Waals surface area contributed by atoms with Crippen LogP contribution < -0.4 is 5.32 Å². The van der Waals surface area contributed by atoms with Crippen molar-refractivity contribution in [3.63, 3.8) is 0 Å². The van der Waals surface area contributed by atoms with Gasteiger partial charge in [0.25, 0.3) is 0 Å². The van der Waals surface area contributed by atoms with Crippen LogP contribution in [0.15, 0.2) is 29.6 Å². The summed E-state index contributed by atoms with van der Waals surface area (Å²) in [6.07, 6.45) is 9.78. The number of rotatable bonds is 12. The zero-order chi connectivity index (χ0) is 21.1. The van der Waals surface area contributed by atoms with Gasteiger partial charge in [0.2, 0.25) is 5.91 Å². The summed E-state index contributed by atoms with van der Waals surface area (Å²) in [4.78, 5) is 24.6. The Balaban J connectivity index is 1.92. The third-order valence-electron chi connectivity index (χ3n) is 4.85. The molecule has 1 heterocycles. The van der Waals surface area contributed by atoms with Crippen LogP contribution in [0.1, 0.15) is 75.1 Å². The Morgan fingerprint density at radius 1 is 1.00 bits per heavy atom. The quantitative estimate of drug-likeness (QED) is 0.304. The van der Waals surface area contributed by atoms with Crippen molar-refractivity contribution >= 4 is 28.2 Å². The van der Waals surface area contributed by atoms with Gasteiger partial charge in [0.05, 0.1) is 7.11 Å². The van der Waals surface area contributed by atoms with Crippen molar-refractivity contribution in [3.8, 4) is 11.1 Å². The van der Waals surface area contributed by atoms with Gasteiger partial charge in [-0.2, -0.15) is 0 Å². The molecule has 0 atom stereocenters. The van der Waals surface area contributed by atoms with Crippen LogP contribution in [0.25, 0.3) is 11.1 Å². The Labute approximate surface area is 176 Å². The van der Waals surface area contributed by atoms with Gasteiger partial charge in [0, 0.05) is 17.4 Å². The van der Waals surface area contributed by atoms with E-state index in [1.165, 1.54) is 62.7 Å². The number of anilines is 1. The number of esters is 1. The molecule has 0 spiro atoms. The molecule has 1 N–H and O–H groups in total. The summed E-state index contributed by atoms with van der Waals surface area (Å²) in [5, 5.41) is 5.11. The number of benzene rings is 1. The summed E-state index contributed by atoms with van der Waals surface area (Å²) < 4.78 is 18.1. The highest BCUT2D eigenvalue weighted by molar-refractivity contribution is 7.15. The van der Waals surface area contributed by atoms with Crippen LogP contribution >= 0.6 is 11.3 Å². The van der Waals surface area contributed by atoms with Gasteiger partial charge in [-0.15, -0.1) is 11.3 Å². The van der Waals surface area contributed by atoms with Gasteiger partial charge in [-0.05, 0) is 24.1 Å². The maximum atomic E-state index is 13.2. The van der Waals surface area contributed by atoms with E-state index in [9.17, 15) is 14.0 Å². The third-order valence-corrected chi connectivity index (χ3v) is 5.74. The zero-order valence-corrected chi connectivity index (χ0v) is 18.1. The molecule has 29 heavy (non-hydrogen) atoms. The van der Waals surface area contributed by atoms with E-state index in [1.54, 1.807) is 17.5 Å². The van der Waals surface area contributed by atoms with E-state index in [0.717, 1.165) is 19.3 Å². The van der Waals surface area contributed by atoms with Crippen LogP contribution in [0.5, 0.6) is 0 Å². The largest absolute Gasteiger partial charge is 0.465 e. The van der Waals surface area contributed by atoms with Crippen molar-refractivity contribution in [2.75, 3.05) is 12.4 Å². The lowest BCUT2D eigenvalue weighted by Crippen LogP contribution is -2.13. The first kappa shape index (κ1) is 23.1. The molecule has 4 nitrogen and oxygen atoms in total. The normalized spacial score (nSPS) is 10.7. The number of methoxy groups -OCH3 is 1. The molecule has 0 fully saturated rings. The first-order valence-electron chi connectivity index (χ1n) is 10.3. The summed E-state index contributed by atoms with van der Waals surface area (Å²) >= 11 is 1.28. The first-order chi connectivity index (χ1) is 14.1. The zero-order valence-electron chi connectivity index (χ0n) is 17.3. The van der Waals surface area contributed by atoms with Crippen LogP contribution in [0.2, 0.25) is 0 Å².